The minimum absolute atomic E-state index is 0.0455. The van der Waals surface area contributed by atoms with Crippen LogP contribution in [0, 0.1) is 11.3 Å². The largest absolute Gasteiger partial charge is 0.245 e. The average molecular weight is 280 g/mol. The lowest BCUT2D eigenvalue weighted by Crippen LogP contribution is -2.16. The van der Waals surface area contributed by atoms with Crippen molar-refractivity contribution >= 4 is 24.3 Å². The Balaban J connectivity index is 2.57. The van der Waals surface area contributed by atoms with Crippen molar-refractivity contribution < 1.29 is 0 Å². The molecule has 0 N–H and O–H groups in total. The Bertz CT molecular complexity index is 582. The van der Waals surface area contributed by atoms with Crippen LogP contribution in [0.25, 0.3) is 24.3 Å². The first kappa shape index (κ1) is 15.4. The molecule has 0 spiro atoms. The summed E-state index contributed by atoms with van der Waals surface area (Å²) in [4.78, 5) is 9.54. The van der Waals surface area contributed by atoms with Gasteiger partial charge in [-0.2, -0.15) is 0 Å². The van der Waals surface area contributed by atoms with Crippen LogP contribution in [0.15, 0.2) is 24.3 Å². The molecule has 0 saturated heterocycles. The van der Waals surface area contributed by atoms with Gasteiger partial charge in [-0.1, -0.05) is 45.1 Å². The van der Waals surface area contributed by atoms with E-state index in [2.05, 4.69) is 45.1 Å². The molecule has 110 valence electrons. The lowest BCUT2D eigenvalue weighted by Gasteiger charge is -2.25. The highest BCUT2D eigenvalue weighted by atomic mass is 14.8. The summed E-state index contributed by atoms with van der Waals surface area (Å²) in [6.07, 6.45) is 16.7. The van der Waals surface area contributed by atoms with Gasteiger partial charge in [0.05, 0.1) is 22.8 Å². The van der Waals surface area contributed by atoms with E-state index in [-0.39, 0.29) is 5.41 Å². The SMILES string of the molecule is C/C=C\c1nc2c(nc1/C=C\C)C=CC(C)(C(C)C)C=C2. The van der Waals surface area contributed by atoms with E-state index in [0.29, 0.717) is 5.92 Å². The second-order valence-electron chi connectivity index (χ2n) is 5.95. The summed E-state index contributed by atoms with van der Waals surface area (Å²) in [5.41, 5.74) is 3.76. The fourth-order valence-electron chi connectivity index (χ4n) is 2.25. The monoisotopic (exact) mass is 280 g/mol. The molecule has 1 aliphatic rings. The first-order valence-corrected chi connectivity index (χ1v) is 7.56. The lowest BCUT2D eigenvalue weighted by atomic mass is 9.79. The third-order valence-corrected chi connectivity index (χ3v) is 4.10. The van der Waals surface area contributed by atoms with Crippen LogP contribution in [-0.2, 0) is 0 Å². The fraction of sp³-hybridized carbons (Fsp3) is 0.368. The molecule has 0 radical (unpaired) electrons. The van der Waals surface area contributed by atoms with E-state index in [0.717, 1.165) is 22.8 Å². The van der Waals surface area contributed by atoms with Crippen LogP contribution in [0.1, 0.15) is 57.4 Å². The molecule has 2 heteroatoms. The standard InChI is InChI=1S/C19H24N2/c1-6-8-15-16(9-7-2)21-18-11-13-19(5,14(3)4)12-10-17(18)20-15/h6-14H,1-5H3/b8-6-,9-7-. The molecular formula is C19H24N2. The van der Waals surface area contributed by atoms with Crippen LogP contribution < -0.4 is 0 Å². The van der Waals surface area contributed by atoms with Crippen molar-refractivity contribution in [2.24, 2.45) is 11.3 Å². The average Bonchev–Trinajstić information content (AvgIpc) is 2.61. The quantitative estimate of drug-likeness (QED) is 0.756. The lowest BCUT2D eigenvalue weighted by molar-refractivity contribution is 0.387. The third-order valence-electron chi connectivity index (χ3n) is 4.10. The van der Waals surface area contributed by atoms with E-state index in [4.69, 9.17) is 9.97 Å². The summed E-state index contributed by atoms with van der Waals surface area (Å²) in [5.74, 6) is 0.532. The van der Waals surface area contributed by atoms with E-state index >= 15 is 0 Å². The number of nitrogens with zero attached hydrogens (tertiary/aromatic N) is 2. The van der Waals surface area contributed by atoms with Crippen molar-refractivity contribution in [3.05, 3.63) is 47.1 Å². The molecule has 2 nitrogen and oxygen atoms in total. The summed E-state index contributed by atoms with van der Waals surface area (Å²) in [7, 11) is 0. The highest BCUT2D eigenvalue weighted by Crippen LogP contribution is 2.34. The number of hydrogen-bond donors (Lipinski definition) is 0. The molecular weight excluding hydrogens is 256 g/mol. The van der Waals surface area contributed by atoms with E-state index < -0.39 is 0 Å². The van der Waals surface area contributed by atoms with Crippen LogP contribution in [0.2, 0.25) is 0 Å². The van der Waals surface area contributed by atoms with Crippen molar-refractivity contribution in [1.29, 1.82) is 0 Å². The van der Waals surface area contributed by atoms with Crippen LogP contribution >= 0.6 is 0 Å². The Morgan fingerprint density at radius 2 is 1.33 bits per heavy atom. The molecule has 0 atom stereocenters. The van der Waals surface area contributed by atoms with Gasteiger partial charge in [0.2, 0.25) is 0 Å². The van der Waals surface area contributed by atoms with Gasteiger partial charge < -0.3 is 0 Å². The van der Waals surface area contributed by atoms with Gasteiger partial charge in [-0.3, -0.25) is 0 Å². The summed E-state index contributed by atoms with van der Waals surface area (Å²) in [6, 6.07) is 0. The van der Waals surface area contributed by atoms with E-state index in [1.165, 1.54) is 0 Å². The summed E-state index contributed by atoms with van der Waals surface area (Å²) in [6.45, 7) is 10.7. The number of hydrogen-bond acceptors (Lipinski definition) is 2. The van der Waals surface area contributed by atoms with Crippen molar-refractivity contribution in [3.63, 3.8) is 0 Å². The number of fused-ring (bicyclic) bond motifs is 1. The van der Waals surface area contributed by atoms with Gasteiger partial charge >= 0.3 is 0 Å². The van der Waals surface area contributed by atoms with Gasteiger partial charge in [0.25, 0.3) is 0 Å². The molecule has 1 aromatic rings. The number of rotatable bonds is 3. The Hall–Kier alpha value is -1.96. The predicted molar refractivity (Wildman–Crippen MR) is 92.5 cm³/mol. The second kappa shape index (κ2) is 6.21. The van der Waals surface area contributed by atoms with Crippen molar-refractivity contribution in [1.82, 2.24) is 9.97 Å². The molecule has 2 rings (SSSR count). The maximum absolute atomic E-state index is 4.77. The zero-order valence-electron chi connectivity index (χ0n) is 13.6. The Morgan fingerprint density at radius 3 is 1.67 bits per heavy atom. The van der Waals surface area contributed by atoms with Crippen LogP contribution in [0.4, 0.5) is 0 Å². The van der Waals surface area contributed by atoms with Crippen LogP contribution in [-0.4, -0.2) is 9.97 Å². The molecule has 0 aliphatic heterocycles. The summed E-state index contributed by atoms with van der Waals surface area (Å²) in [5, 5.41) is 0. The maximum atomic E-state index is 4.77. The van der Waals surface area contributed by atoms with E-state index in [1.807, 2.05) is 38.2 Å². The zero-order chi connectivity index (χ0) is 15.5. The minimum Gasteiger partial charge on any atom is -0.245 e. The van der Waals surface area contributed by atoms with Gasteiger partial charge in [0.1, 0.15) is 0 Å². The van der Waals surface area contributed by atoms with Gasteiger partial charge in [-0.25, -0.2) is 9.97 Å². The zero-order valence-corrected chi connectivity index (χ0v) is 13.6. The van der Waals surface area contributed by atoms with Crippen LogP contribution in [0.5, 0.6) is 0 Å². The third kappa shape index (κ3) is 3.21. The van der Waals surface area contributed by atoms with E-state index in [9.17, 15) is 0 Å². The van der Waals surface area contributed by atoms with Gasteiger partial charge in [-0.05, 0) is 44.1 Å². The van der Waals surface area contributed by atoms with Gasteiger partial charge in [0, 0.05) is 5.41 Å². The van der Waals surface area contributed by atoms with E-state index in [1.54, 1.807) is 0 Å². The van der Waals surface area contributed by atoms with Crippen LogP contribution in [0.3, 0.4) is 0 Å². The normalized spacial score (nSPS) is 16.9. The fourth-order valence-corrected chi connectivity index (χ4v) is 2.25. The molecule has 0 unspecified atom stereocenters. The van der Waals surface area contributed by atoms with Crippen molar-refractivity contribution in [3.8, 4) is 0 Å². The molecule has 1 heterocycles. The molecule has 0 saturated carbocycles. The highest BCUT2D eigenvalue weighted by Gasteiger charge is 2.24. The predicted octanol–water partition coefficient (Wildman–Crippen LogP) is 5.25. The summed E-state index contributed by atoms with van der Waals surface area (Å²) >= 11 is 0. The topological polar surface area (TPSA) is 25.8 Å². The molecule has 1 aromatic heterocycles. The maximum Gasteiger partial charge on any atom is 0.0891 e. The molecule has 21 heavy (non-hydrogen) atoms. The Kier molecular flexibility index (Phi) is 4.56. The molecule has 0 bridgehead atoms. The smallest absolute Gasteiger partial charge is 0.0891 e. The van der Waals surface area contributed by atoms with Gasteiger partial charge in [-0.15, -0.1) is 0 Å². The Morgan fingerprint density at radius 1 is 0.905 bits per heavy atom. The number of aromatic nitrogens is 2. The minimum atomic E-state index is 0.0455. The number of allylic oxidation sites excluding steroid dienone is 4. The molecule has 1 aliphatic carbocycles. The molecule has 0 fully saturated rings. The Labute approximate surface area is 128 Å². The van der Waals surface area contributed by atoms with Crippen molar-refractivity contribution in [2.45, 2.75) is 34.6 Å². The first-order valence-electron chi connectivity index (χ1n) is 7.56. The first-order chi connectivity index (χ1) is 10.00. The second-order valence-corrected chi connectivity index (χ2v) is 5.95. The van der Waals surface area contributed by atoms with Gasteiger partial charge in [0.15, 0.2) is 0 Å². The van der Waals surface area contributed by atoms with Crippen molar-refractivity contribution in [2.75, 3.05) is 0 Å². The molecule has 0 amide bonds. The highest BCUT2D eigenvalue weighted by molar-refractivity contribution is 5.68. The molecule has 0 aromatic carbocycles. The summed E-state index contributed by atoms with van der Waals surface area (Å²) < 4.78 is 0.